The molecule has 2 aromatic rings. The van der Waals surface area contributed by atoms with Gasteiger partial charge >= 0.3 is 12.1 Å². The second kappa shape index (κ2) is 11.9. The SMILES string of the molecule is COc1ccc(C2ON2C(CCCCNC(=O)OCc2ccccc2)C(=O)OC(C)(C)C)cc1. The van der Waals surface area contributed by atoms with Gasteiger partial charge in [-0.1, -0.05) is 42.5 Å². The van der Waals surface area contributed by atoms with E-state index in [2.05, 4.69) is 5.32 Å². The number of nitrogens with one attached hydrogen (secondary N) is 1. The predicted octanol–water partition coefficient (Wildman–Crippen LogP) is 4.75. The van der Waals surface area contributed by atoms with Gasteiger partial charge in [-0.05, 0) is 63.3 Å². The van der Waals surface area contributed by atoms with Crippen molar-refractivity contribution in [1.29, 1.82) is 0 Å². The number of nitrogens with zero attached hydrogens (tertiary/aromatic N) is 1. The largest absolute Gasteiger partial charge is 0.497 e. The lowest BCUT2D eigenvalue weighted by molar-refractivity contribution is -0.162. The van der Waals surface area contributed by atoms with Crippen molar-refractivity contribution >= 4 is 12.1 Å². The Labute approximate surface area is 201 Å². The monoisotopic (exact) mass is 470 g/mol. The number of hydroxylamine groups is 2. The Morgan fingerprint density at radius 1 is 1.06 bits per heavy atom. The normalized spacial score (nSPS) is 18.0. The quantitative estimate of drug-likeness (QED) is 0.288. The Hall–Kier alpha value is -3.10. The minimum absolute atomic E-state index is 0.229. The van der Waals surface area contributed by atoms with Gasteiger partial charge in [0.05, 0.1) is 7.11 Å². The number of methoxy groups -OCH3 is 1. The number of carbonyl (C=O) groups excluding carboxylic acids is 2. The first-order valence-corrected chi connectivity index (χ1v) is 11.5. The van der Waals surface area contributed by atoms with Gasteiger partial charge in [0.2, 0.25) is 0 Å². The van der Waals surface area contributed by atoms with Gasteiger partial charge in [0.25, 0.3) is 0 Å². The highest BCUT2D eigenvalue weighted by molar-refractivity contribution is 5.76. The van der Waals surface area contributed by atoms with E-state index in [1.54, 1.807) is 12.2 Å². The number of hydrogen-bond acceptors (Lipinski definition) is 7. The molecule has 3 unspecified atom stereocenters. The zero-order chi connectivity index (χ0) is 24.6. The number of carbonyl (C=O) groups is 2. The Morgan fingerprint density at radius 3 is 2.41 bits per heavy atom. The summed E-state index contributed by atoms with van der Waals surface area (Å²) in [5.41, 5.74) is 1.28. The first-order chi connectivity index (χ1) is 16.3. The van der Waals surface area contributed by atoms with Gasteiger partial charge in [0.1, 0.15) is 24.0 Å². The van der Waals surface area contributed by atoms with Crippen LogP contribution < -0.4 is 10.1 Å². The summed E-state index contributed by atoms with van der Waals surface area (Å²) in [5, 5.41) is 4.43. The van der Waals surface area contributed by atoms with Crippen molar-refractivity contribution in [2.24, 2.45) is 0 Å². The lowest BCUT2D eigenvalue weighted by Gasteiger charge is -2.23. The van der Waals surface area contributed by atoms with E-state index < -0.39 is 17.7 Å². The molecular weight excluding hydrogens is 436 g/mol. The molecule has 1 aliphatic rings. The molecule has 2 aromatic carbocycles. The van der Waals surface area contributed by atoms with Crippen molar-refractivity contribution in [3.63, 3.8) is 0 Å². The summed E-state index contributed by atoms with van der Waals surface area (Å²) in [6, 6.07) is 16.5. The van der Waals surface area contributed by atoms with E-state index in [0.717, 1.165) is 16.9 Å². The summed E-state index contributed by atoms with van der Waals surface area (Å²) < 4.78 is 16.0. The summed E-state index contributed by atoms with van der Waals surface area (Å²) in [6.07, 6.45) is 1.19. The van der Waals surface area contributed by atoms with Crippen LogP contribution in [0, 0.1) is 0 Å². The maximum Gasteiger partial charge on any atom is 0.407 e. The minimum Gasteiger partial charge on any atom is -0.497 e. The lowest BCUT2D eigenvalue weighted by Crippen LogP contribution is -2.36. The number of rotatable bonds is 11. The zero-order valence-electron chi connectivity index (χ0n) is 20.3. The van der Waals surface area contributed by atoms with Gasteiger partial charge in [0, 0.05) is 6.54 Å². The highest BCUT2D eigenvalue weighted by Gasteiger charge is 2.47. The third-order valence-corrected chi connectivity index (χ3v) is 5.18. The first kappa shape index (κ1) is 25.5. The van der Waals surface area contributed by atoms with E-state index in [-0.39, 0.29) is 18.8 Å². The van der Waals surface area contributed by atoms with Gasteiger partial charge in [-0.15, -0.1) is 5.06 Å². The first-order valence-electron chi connectivity index (χ1n) is 11.5. The molecular formula is C26H34N2O6. The van der Waals surface area contributed by atoms with Crippen LogP contribution in [0.2, 0.25) is 0 Å². The van der Waals surface area contributed by atoms with Gasteiger partial charge < -0.3 is 19.5 Å². The number of ether oxygens (including phenoxy) is 3. The van der Waals surface area contributed by atoms with Crippen LogP contribution in [0.15, 0.2) is 54.6 Å². The molecule has 0 radical (unpaired) electrons. The van der Waals surface area contributed by atoms with Gasteiger partial charge in [0.15, 0.2) is 6.23 Å². The smallest absolute Gasteiger partial charge is 0.407 e. The number of hydrogen-bond donors (Lipinski definition) is 1. The molecule has 8 nitrogen and oxygen atoms in total. The maximum absolute atomic E-state index is 12.9. The fourth-order valence-corrected chi connectivity index (χ4v) is 3.45. The zero-order valence-corrected chi connectivity index (χ0v) is 20.3. The van der Waals surface area contributed by atoms with Gasteiger partial charge in [-0.25, -0.2) is 4.79 Å². The van der Waals surface area contributed by atoms with Crippen LogP contribution in [-0.2, 0) is 25.7 Å². The molecule has 1 N–H and O–H groups in total. The van der Waals surface area contributed by atoms with E-state index in [1.807, 2.05) is 75.4 Å². The number of amides is 1. The summed E-state index contributed by atoms with van der Waals surface area (Å²) in [6.45, 7) is 6.22. The maximum atomic E-state index is 12.9. The number of benzene rings is 2. The molecule has 3 rings (SSSR count). The lowest BCUT2D eigenvalue weighted by atomic mass is 10.1. The molecule has 1 aliphatic heterocycles. The molecule has 1 saturated heterocycles. The summed E-state index contributed by atoms with van der Waals surface area (Å²) in [5.74, 6) is 0.438. The van der Waals surface area contributed by atoms with E-state index >= 15 is 0 Å². The van der Waals surface area contributed by atoms with E-state index in [0.29, 0.717) is 25.8 Å². The van der Waals surface area contributed by atoms with Crippen molar-refractivity contribution < 1.29 is 28.6 Å². The summed E-state index contributed by atoms with van der Waals surface area (Å²) >= 11 is 0. The summed E-state index contributed by atoms with van der Waals surface area (Å²) in [7, 11) is 1.62. The van der Waals surface area contributed by atoms with Crippen molar-refractivity contribution in [3.8, 4) is 5.75 Å². The second-order valence-corrected chi connectivity index (χ2v) is 9.12. The van der Waals surface area contributed by atoms with Gasteiger partial charge in [-0.3, -0.25) is 9.63 Å². The molecule has 184 valence electrons. The Kier molecular flexibility index (Phi) is 8.90. The van der Waals surface area contributed by atoms with Crippen molar-refractivity contribution in [1.82, 2.24) is 10.4 Å². The van der Waals surface area contributed by atoms with E-state index in [9.17, 15) is 9.59 Å². The second-order valence-electron chi connectivity index (χ2n) is 9.12. The third kappa shape index (κ3) is 8.04. The standard InChI is InChI=1S/C26H34N2O6/c1-26(2,3)33-24(29)22(28-23(34-28)20-13-15-21(31-4)16-14-20)12-8-9-17-27-25(30)32-18-19-10-6-5-7-11-19/h5-7,10-11,13-16,22-23H,8-9,12,17-18H2,1-4H3,(H,27,30). The highest BCUT2D eigenvalue weighted by Crippen LogP contribution is 2.41. The van der Waals surface area contributed by atoms with Gasteiger partial charge in [-0.2, -0.15) is 0 Å². The third-order valence-electron chi connectivity index (χ3n) is 5.18. The highest BCUT2D eigenvalue weighted by atomic mass is 16.8. The minimum atomic E-state index is -0.592. The van der Waals surface area contributed by atoms with Crippen molar-refractivity contribution in [2.75, 3.05) is 13.7 Å². The van der Waals surface area contributed by atoms with Crippen LogP contribution in [-0.4, -0.2) is 42.4 Å². The summed E-state index contributed by atoms with van der Waals surface area (Å²) in [4.78, 5) is 30.5. The number of unbranched alkanes of at least 4 members (excludes halogenated alkanes) is 1. The molecule has 0 saturated carbocycles. The topological polar surface area (TPSA) is 89.4 Å². The van der Waals surface area contributed by atoms with Crippen LogP contribution in [0.3, 0.4) is 0 Å². The molecule has 3 atom stereocenters. The van der Waals surface area contributed by atoms with E-state index in [1.165, 1.54) is 0 Å². The fraction of sp³-hybridized carbons (Fsp3) is 0.462. The molecule has 0 bridgehead atoms. The predicted molar refractivity (Wildman–Crippen MR) is 127 cm³/mol. The van der Waals surface area contributed by atoms with Crippen LogP contribution in [0.1, 0.15) is 57.4 Å². The van der Waals surface area contributed by atoms with Crippen molar-refractivity contribution in [3.05, 3.63) is 65.7 Å². The molecule has 0 spiro atoms. The molecule has 0 aliphatic carbocycles. The Bertz CT molecular complexity index is 927. The molecule has 0 aromatic heterocycles. The van der Waals surface area contributed by atoms with Crippen LogP contribution >= 0.6 is 0 Å². The number of alkyl carbamates (subject to hydrolysis) is 1. The Morgan fingerprint density at radius 2 is 1.76 bits per heavy atom. The van der Waals surface area contributed by atoms with Crippen molar-refractivity contribution in [2.45, 2.75) is 64.5 Å². The molecule has 34 heavy (non-hydrogen) atoms. The van der Waals surface area contributed by atoms with E-state index in [4.69, 9.17) is 19.0 Å². The molecule has 1 fully saturated rings. The average Bonchev–Trinajstić information content (AvgIpc) is 3.60. The number of esters is 1. The molecule has 1 heterocycles. The molecule has 8 heteroatoms. The average molecular weight is 471 g/mol. The fourth-order valence-electron chi connectivity index (χ4n) is 3.45. The Balaban J connectivity index is 1.45. The van der Waals surface area contributed by atoms with Crippen LogP contribution in [0.5, 0.6) is 5.75 Å². The molecule has 1 amide bonds. The van der Waals surface area contributed by atoms with Crippen LogP contribution in [0.25, 0.3) is 0 Å². The van der Waals surface area contributed by atoms with Crippen LogP contribution in [0.4, 0.5) is 4.79 Å².